The summed E-state index contributed by atoms with van der Waals surface area (Å²) in [6, 6.07) is 7.86. The van der Waals surface area contributed by atoms with Gasteiger partial charge in [0, 0.05) is 6.54 Å². The van der Waals surface area contributed by atoms with Gasteiger partial charge in [-0.1, -0.05) is 24.3 Å². The topological polar surface area (TPSA) is 59.0 Å². The van der Waals surface area contributed by atoms with Crippen molar-refractivity contribution in [3.63, 3.8) is 0 Å². The molecule has 0 saturated carbocycles. The van der Waals surface area contributed by atoms with Crippen molar-refractivity contribution in [2.75, 3.05) is 6.54 Å². The van der Waals surface area contributed by atoms with Gasteiger partial charge in [-0.25, -0.2) is 4.79 Å². The van der Waals surface area contributed by atoms with Gasteiger partial charge in [-0.2, -0.15) is 0 Å². The molecule has 0 spiro atoms. The standard InChI is InChI=1S/C17H24BNO4/c1-16(2)17(3,4)23-18(22-16)13-8-5-7-12(11-13)14-9-6-10-19(14)15(20)21/h5,7-8,11,14H,6,9-10H2,1-4H3,(H,20,21)/t14-/m1/s1. The van der Waals surface area contributed by atoms with Gasteiger partial charge in [-0.05, 0) is 51.6 Å². The summed E-state index contributed by atoms with van der Waals surface area (Å²) in [5.41, 5.74) is 1.19. The number of carbonyl (C=O) groups is 1. The molecule has 1 atom stereocenters. The fraction of sp³-hybridized carbons (Fsp3) is 0.588. The molecule has 23 heavy (non-hydrogen) atoms. The molecule has 6 heteroatoms. The van der Waals surface area contributed by atoms with Crippen LogP contribution in [0.25, 0.3) is 0 Å². The van der Waals surface area contributed by atoms with Gasteiger partial charge in [0.15, 0.2) is 0 Å². The Morgan fingerprint density at radius 3 is 2.52 bits per heavy atom. The number of carboxylic acid groups (broad SMARTS) is 1. The van der Waals surface area contributed by atoms with Crippen LogP contribution < -0.4 is 5.46 Å². The fourth-order valence-corrected chi connectivity index (χ4v) is 3.23. The molecule has 0 aliphatic carbocycles. The lowest BCUT2D eigenvalue weighted by Crippen LogP contribution is -2.41. The molecule has 5 nitrogen and oxygen atoms in total. The first-order valence-electron chi connectivity index (χ1n) is 8.16. The van der Waals surface area contributed by atoms with Crippen LogP contribution in [0, 0.1) is 0 Å². The maximum atomic E-state index is 11.4. The summed E-state index contributed by atoms with van der Waals surface area (Å²) in [6.07, 6.45) is 0.908. The summed E-state index contributed by atoms with van der Waals surface area (Å²) >= 11 is 0. The van der Waals surface area contributed by atoms with Crippen molar-refractivity contribution >= 4 is 18.7 Å². The highest BCUT2D eigenvalue weighted by atomic mass is 16.7. The summed E-state index contributed by atoms with van der Waals surface area (Å²) in [7, 11) is -0.417. The van der Waals surface area contributed by atoms with Gasteiger partial charge >= 0.3 is 13.2 Å². The van der Waals surface area contributed by atoms with E-state index in [1.54, 1.807) is 0 Å². The Morgan fingerprint density at radius 2 is 1.91 bits per heavy atom. The van der Waals surface area contributed by atoms with Crippen molar-refractivity contribution in [3.05, 3.63) is 29.8 Å². The number of amides is 1. The number of rotatable bonds is 2. The molecule has 0 aromatic heterocycles. The Labute approximate surface area is 137 Å². The lowest BCUT2D eigenvalue weighted by molar-refractivity contribution is 0.00578. The average Bonchev–Trinajstić information content (AvgIpc) is 3.02. The second-order valence-electron chi connectivity index (χ2n) is 7.39. The number of nitrogens with zero attached hydrogens (tertiary/aromatic N) is 1. The third-order valence-corrected chi connectivity index (χ3v) is 5.32. The quantitative estimate of drug-likeness (QED) is 0.852. The molecule has 1 amide bonds. The normalized spacial score (nSPS) is 25.8. The van der Waals surface area contributed by atoms with E-state index in [2.05, 4.69) is 0 Å². The zero-order valence-corrected chi connectivity index (χ0v) is 14.2. The first-order chi connectivity index (χ1) is 10.7. The smallest absolute Gasteiger partial charge is 0.465 e. The molecule has 0 bridgehead atoms. The SMILES string of the molecule is CC1(C)OB(c2cccc([C@H]3CCCN3C(=O)O)c2)OC1(C)C. The molecule has 2 saturated heterocycles. The van der Waals surface area contributed by atoms with Crippen LogP contribution in [0.5, 0.6) is 0 Å². The van der Waals surface area contributed by atoms with Gasteiger partial charge in [0.1, 0.15) is 0 Å². The Morgan fingerprint density at radius 1 is 1.26 bits per heavy atom. The van der Waals surface area contributed by atoms with Crippen LogP contribution in [0.3, 0.4) is 0 Å². The highest BCUT2D eigenvalue weighted by molar-refractivity contribution is 6.62. The number of hydrogen-bond donors (Lipinski definition) is 1. The van der Waals surface area contributed by atoms with Gasteiger partial charge in [0.25, 0.3) is 0 Å². The fourth-order valence-electron chi connectivity index (χ4n) is 3.23. The van der Waals surface area contributed by atoms with Crippen LogP contribution in [0.2, 0.25) is 0 Å². The molecular formula is C17H24BNO4. The van der Waals surface area contributed by atoms with Crippen LogP contribution in [0.1, 0.15) is 52.1 Å². The van der Waals surface area contributed by atoms with E-state index in [1.165, 1.54) is 4.90 Å². The Bertz CT molecular complexity index is 600. The van der Waals surface area contributed by atoms with E-state index in [1.807, 2.05) is 52.0 Å². The maximum Gasteiger partial charge on any atom is 0.494 e. The van der Waals surface area contributed by atoms with Crippen LogP contribution in [0.15, 0.2) is 24.3 Å². The predicted octanol–water partition coefficient (Wildman–Crippen LogP) is 2.80. The Kier molecular flexibility index (Phi) is 3.93. The monoisotopic (exact) mass is 317 g/mol. The highest BCUT2D eigenvalue weighted by Crippen LogP contribution is 2.37. The van der Waals surface area contributed by atoms with Crippen molar-refractivity contribution in [2.24, 2.45) is 0 Å². The Balaban J connectivity index is 1.85. The van der Waals surface area contributed by atoms with Crippen LogP contribution >= 0.6 is 0 Å². The minimum atomic E-state index is -0.853. The van der Waals surface area contributed by atoms with Crippen molar-refractivity contribution in [1.29, 1.82) is 0 Å². The van der Waals surface area contributed by atoms with Crippen LogP contribution in [-0.2, 0) is 9.31 Å². The number of hydrogen-bond acceptors (Lipinski definition) is 3. The third kappa shape index (κ3) is 2.86. The minimum Gasteiger partial charge on any atom is -0.465 e. The van der Waals surface area contributed by atoms with Gasteiger partial charge in [0.05, 0.1) is 17.2 Å². The average molecular weight is 317 g/mol. The summed E-state index contributed by atoms with van der Waals surface area (Å²) in [5, 5.41) is 9.34. The van der Waals surface area contributed by atoms with Crippen molar-refractivity contribution in [2.45, 2.75) is 57.8 Å². The summed E-state index contributed by atoms with van der Waals surface area (Å²) in [5.74, 6) is 0. The van der Waals surface area contributed by atoms with E-state index in [0.717, 1.165) is 23.9 Å². The van der Waals surface area contributed by atoms with Crippen molar-refractivity contribution < 1.29 is 19.2 Å². The summed E-state index contributed by atoms with van der Waals surface area (Å²) in [4.78, 5) is 12.9. The molecule has 1 aromatic carbocycles. The number of benzene rings is 1. The molecule has 3 rings (SSSR count). The van der Waals surface area contributed by atoms with Crippen LogP contribution in [-0.4, -0.2) is 41.0 Å². The summed E-state index contributed by atoms with van der Waals surface area (Å²) < 4.78 is 12.2. The molecular weight excluding hydrogens is 293 g/mol. The second-order valence-corrected chi connectivity index (χ2v) is 7.39. The first kappa shape index (κ1) is 16.3. The molecule has 124 valence electrons. The van der Waals surface area contributed by atoms with Gasteiger partial charge in [-0.3, -0.25) is 0 Å². The zero-order valence-electron chi connectivity index (χ0n) is 14.2. The predicted molar refractivity (Wildman–Crippen MR) is 88.9 cm³/mol. The van der Waals surface area contributed by atoms with E-state index in [0.29, 0.717) is 6.54 Å². The van der Waals surface area contributed by atoms with Gasteiger partial charge in [-0.15, -0.1) is 0 Å². The zero-order chi connectivity index (χ0) is 16.8. The maximum absolute atomic E-state index is 11.4. The molecule has 2 heterocycles. The van der Waals surface area contributed by atoms with E-state index in [4.69, 9.17) is 9.31 Å². The highest BCUT2D eigenvalue weighted by Gasteiger charge is 2.51. The van der Waals surface area contributed by atoms with Crippen molar-refractivity contribution in [3.8, 4) is 0 Å². The molecule has 0 unspecified atom stereocenters. The van der Waals surface area contributed by atoms with Gasteiger partial charge < -0.3 is 19.3 Å². The minimum absolute atomic E-state index is 0.0742. The summed E-state index contributed by atoms with van der Waals surface area (Å²) in [6.45, 7) is 8.71. The lowest BCUT2D eigenvalue weighted by atomic mass is 9.78. The number of likely N-dealkylation sites (tertiary alicyclic amines) is 1. The first-order valence-corrected chi connectivity index (χ1v) is 8.16. The molecule has 0 radical (unpaired) electrons. The lowest BCUT2D eigenvalue weighted by Gasteiger charge is -2.32. The molecule has 2 aliphatic rings. The molecule has 2 aliphatic heterocycles. The van der Waals surface area contributed by atoms with E-state index in [-0.39, 0.29) is 17.2 Å². The van der Waals surface area contributed by atoms with Crippen LogP contribution in [0.4, 0.5) is 4.79 Å². The van der Waals surface area contributed by atoms with Gasteiger partial charge in [0.2, 0.25) is 0 Å². The van der Waals surface area contributed by atoms with Crippen molar-refractivity contribution in [1.82, 2.24) is 4.90 Å². The largest absolute Gasteiger partial charge is 0.494 e. The second kappa shape index (κ2) is 5.53. The Hall–Kier alpha value is -1.53. The van der Waals surface area contributed by atoms with E-state index >= 15 is 0 Å². The molecule has 1 N–H and O–H groups in total. The molecule has 1 aromatic rings. The third-order valence-electron chi connectivity index (χ3n) is 5.32. The van der Waals surface area contributed by atoms with E-state index < -0.39 is 13.2 Å². The van der Waals surface area contributed by atoms with E-state index in [9.17, 15) is 9.90 Å². The molecule has 2 fully saturated rings.